The van der Waals surface area contributed by atoms with Crippen LogP contribution in [0.4, 0.5) is 0 Å². The topological polar surface area (TPSA) is 55.4 Å². The molecule has 1 atom stereocenters. The van der Waals surface area contributed by atoms with Gasteiger partial charge in [-0.25, -0.2) is 8.93 Å². The van der Waals surface area contributed by atoms with Gasteiger partial charge >= 0.3 is 0 Å². The first kappa shape index (κ1) is 29.3. The maximum atomic E-state index is 12.4. The molecule has 1 unspecified atom stereocenters. The van der Waals surface area contributed by atoms with E-state index in [0.717, 1.165) is 29.7 Å². The van der Waals surface area contributed by atoms with Crippen LogP contribution in [0.2, 0.25) is 0 Å². The van der Waals surface area contributed by atoms with Crippen molar-refractivity contribution in [1.29, 1.82) is 0 Å². The molecular weight excluding hydrogens is 454 g/mol. The highest BCUT2D eigenvalue weighted by molar-refractivity contribution is 7.84. The van der Waals surface area contributed by atoms with Crippen LogP contribution in [0.25, 0.3) is 0 Å². The highest BCUT2D eigenvalue weighted by Gasteiger charge is 2.32. The molecule has 0 aliphatic carbocycles. The van der Waals surface area contributed by atoms with E-state index >= 15 is 0 Å². The van der Waals surface area contributed by atoms with E-state index in [9.17, 15) is 9.00 Å². The number of ether oxygens (including phenoxy) is 1. The van der Waals surface area contributed by atoms with E-state index in [-0.39, 0.29) is 22.6 Å². The van der Waals surface area contributed by atoms with Gasteiger partial charge in [0.1, 0.15) is 12.4 Å². The standard InChI is InChI=1S/C30H45NO3S/c1-11-30(12-2,24-14-13-23(21(3)17-24)19-31-35(33)29(8,9)10)25-15-16-26(22(4)18-25)34-20-27(32)28(5,6)7/h13-18,31H,11-12,19-20H2,1-10H3. The summed E-state index contributed by atoms with van der Waals surface area (Å²) in [4.78, 5) is 12.3. The van der Waals surface area contributed by atoms with Gasteiger partial charge in [-0.2, -0.15) is 0 Å². The van der Waals surface area contributed by atoms with E-state index in [2.05, 4.69) is 55.8 Å². The van der Waals surface area contributed by atoms with E-state index in [1.807, 2.05) is 54.5 Å². The van der Waals surface area contributed by atoms with Gasteiger partial charge in [0, 0.05) is 17.4 Å². The molecule has 0 aromatic heterocycles. The highest BCUT2D eigenvalue weighted by Crippen LogP contribution is 2.41. The van der Waals surface area contributed by atoms with Crippen molar-refractivity contribution in [2.24, 2.45) is 5.41 Å². The van der Waals surface area contributed by atoms with Gasteiger partial charge in [-0.15, -0.1) is 0 Å². The average Bonchev–Trinajstić information content (AvgIpc) is 2.77. The summed E-state index contributed by atoms with van der Waals surface area (Å²) < 4.78 is 21.2. The summed E-state index contributed by atoms with van der Waals surface area (Å²) in [6.45, 7) is 21.0. The fourth-order valence-electron chi connectivity index (χ4n) is 4.25. The highest BCUT2D eigenvalue weighted by atomic mass is 32.2. The third kappa shape index (κ3) is 7.04. The van der Waals surface area contributed by atoms with Gasteiger partial charge < -0.3 is 4.74 Å². The lowest BCUT2D eigenvalue weighted by molar-refractivity contribution is -0.128. The van der Waals surface area contributed by atoms with Gasteiger partial charge in [-0.1, -0.05) is 65.0 Å². The van der Waals surface area contributed by atoms with Crippen LogP contribution in [-0.4, -0.2) is 21.3 Å². The SMILES string of the molecule is CCC(CC)(c1ccc(CNS(=O)C(C)(C)C)c(C)c1)c1ccc(OCC(=O)C(C)(C)C)c(C)c1. The number of carbonyl (C=O) groups is 1. The maximum Gasteiger partial charge on any atom is 0.175 e. The van der Waals surface area contributed by atoms with Crippen molar-refractivity contribution in [2.75, 3.05) is 6.61 Å². The Balaban J connectivity index is 2.31. The molecule has 0 fully saturated rings. The summed E-state index contributed by atoms with van der Waals surface area (Å²) in [5, 5.41) is 0. The second kappa shape index (κ2) is 11.4. The third-order valence-corrected chi connectivity index (χ3v) is 8.49. The molecule has 4 nitrogen and oxygen atoms in total. The van der Waals surface area contributed by atoms with Crippen LogP contribution < -0.4 is 9.46 Å². The van der Waals surface area contributed by atoms with Crippen LogP contribution in [0.3, 0.4) is 0 Å². The van der Waals surface area contributed by atoms with Gasteiger partial charge in [-0.05, 0) is 81.3 Å². The van der Waals surface area contributed by atoms with Gasteiger partial charge in [0.15, 0.2) is 5.78 Å². The summed E-state index contributed by atoms with van der Waals surface area (Å²) in [7, 11) is -1.10. The fourth-order valence-corrected chi connectivity index (χ4v) is 4.97. The Morgan fingerprint density at radius 1 is 0.886 bits per heavy atom. The zero-order valence-electron chi connectivity index (χ0n) is 23.4. The second-order valence-electron chi connectivity index (χ2n) is 11.6. The quantitative estimate of drug-likeness (QED) is 0.385. The first-order valence-corrected chi connectivity index (χ1v) is 13.8. The number of nitrogens with one attached hydrogen (secondary N) is 1. The largest absolute Gasteiger partial charge is 0.486 e. The summed E-state index contributed by atoms with van der Waals surface area (Å²) in [6.07, 6.45) is 1.94. The van der Waals surface area contributed by atoms with E-state index in [1.54, 1.807) is 0 Å². The number of aryl methyl sites for hydroxylation is 2. The maximum absolute atomic E-state index is 12.4. The molecule has 0 aliphatic heterocycles. The van der Waals surface area contributed by atoms with E-state index in [1.165, 1.54) is 16.7 Å². The minimum Gasteiger partial charge on any atom is -0.486 e. The lowest BCUT2D eigenvalue weighted by atomic mass is 9.70. The summed E-state index contributed by atoms with van der Waals surface area (Å²) in [5.74, 6) is 0.853. The van der Waals surface area contributed by atoms with E-state index in [4.69, 9.17) is 4.74 Å². The number of hydrogen-bond donors (Lipinski definition) is 1. The number of Topliss-reactive ketones (excluding diaryl/α,β-unsaturated/α-hetero) is 1. The molecule has 0 saturated carbocycles. The molecule has 194 valence electrons. The third-order valence-electron chi connectivity index (χ3n) is 6.97. The minimum absolute atomic E-state index is 0.0884. The van der Waals surface area contributed by atoms with Crippen molar-refractivity contribution in [3.8, 4) is 5.75 Å². The molecule has 2 aromatic carbocycles. The number of ketones is 1. The smallest absolute Gasteiger partial charge is 0.175 e. The normalized spacial score (nSPS) is 13.5. The van der Waals surface area contributed by atoms with E-state index in [0.29, 0.717) is 6.54 Å². The Kier molecular flexibility index (Phi) is 9.52. The monoisotopic (exact) mass is 499 g/mol. The van der Waals surface area contributed by atoms with Gasteiger partial charge in [0.25, 0.3) is 0 Å². The molecule has 0 spiro atoms. The van der Waals surface area contributed by atoms with Crippen LogP contribution in [0.1, 0.15) is 96.0 Å². The van der Waals surface area contributed by atoms with Crippen LogP contribution in [0, 0.1) is 19.3 Å². The lowest BCUT2D eigenvalue weighted by Crippen LogP contribution is -2.33. The van der Waals surface area contributed by atoms with Crippen LogP contribution in [0.5, 0.6) is 5.75 Å². The van der Waals surface area contributed by atoms with Crippen molar-refractivity contribution in [2.45, 2.75) is 98.8 Å². The Morgan fingerprint density at radius 3 is 1.89 bits per heavy atom. The lowest BCUT2D eigenvalue weighted by Gasteiger charge is -2.34. The zero-order valence-corrected chi connectivity index (χ0v) is 24.2. The molecule has 1 N–H and O–H groups in total. The van der Waals surface area contributed by atoms with Crippen LogP contribution >= 0.6 is 0 Å². The predicted octanol–water partition coefficient (Wildman–Crippen LogP) is 6.96. The van der Waals surface area contributed by atoms with E-state index < -0.39 is 16.4 Å². The molecule has 0 saturated heterocycles. The van der Waals surface area contributed by atoms with Gasteiger partial charge in [0.05, 0.1) is 15.7 Å². The van der Waals surface area contributed by atoms with Crippen molar-refractivity contribution in [1.82, 2.24) is 4.72 Å². The summed E-state index contributed by atoms with van der Waals surface area (Å²) >= 11 is 0. The molecule has 35 heavy (non-hydrogen) atoms. The Hall–Kier alpha value is -1.98. The Labute approximate surface area is 215 Å². The fraction of sp³-hybridized carbons (Fsp3) is 0.567. The average molecular weight is 500 g/mol. The molecule has 0 amide bonds. The molecular formula is C30H45NO3S. The summed E-state index contributed by atoms with van der Waals surface area (Å²) in [5.41, 5.74) is 5.42. The Bertz CT molecular complexity index is 975. The molecule has 0 radical (unpaired) electrons. The Morgan fingerprint density at radius 2 is 1.43 bits per heavy atom. The zero-order chi connectivity index (χ0) is 26.6. The predicted molar refractivity (Wildman–Crippen MR) is 148 cm³/mol. The molecule has 5 heteroatoms. The van der Waals surface area contributed by atoms with Crippen LogP contribution in [0.15, 0.2) is 36.4 Å². The number of rotatable bonds is 10. The molecule has 0 bridgehead atoms. The van der Waals surface area contributed by atoms with Crippen molar-refractivity contribution in [3.63, 3.8) is 0 Å². The number of hydrogen-bond acceptors (Lipinski definition) is 3. The number of carbonyl (C=O) groups excluding carboxylic acids is 1. The van der Waals surface area contributed by atoms with Crippen LogP contribution in [-0.2, 0) is 27.7 Å². The number of benzene rings is 2. The van der Waals surface area contributed by atoms with Crippen molar-refractivity contribution >= 4 is 16.8 Å². The first-order valence-electron chi connectivity index (χ1n) is 12.7. The second-order valence-corrected chi connectivity index (χ2v) is 13.6. The van der Waals surface area contributed by atoms with Gasteiger partial charge in [-0.3, -0.25) is 4.79 Å². The molecule has 2 rings (SSSR count). The van der Waals surface area contributed by atoms with Gasteiger partial charge in [0.2, 0.25) is 0 Å². The minimum atomic E-state index is -1.10. The van der Waals surface area contributed by atoms with Crippen molar-refractivity contribution < 1.29 is 13.7 Å². The van der Waals surface area contributed by atoms with Crippen molar-refractivity contribution in [3.05, 3.63) is 64.2 Å². The molecule has 2 aromatic rings. The molecule has 0 aliphatic rings. The molecule has 0 heterocycles. The summed E-state index contributed by atoms with van der Waals surface area (Å²) in [6, 6.07) is 13.0. The first-order chi connectivity index (χ1) is 16.2.